The summed E-state index contributed by atoms with van der Waals surface area (Å²) >= 11 is 0. The molecule has 220 valence electrons. The van der Waals surface area contributed by atoms with Gasteiger partial charge in [-0.2, -0.15) is 0 Å². The second-order valence-corrected chi connectivity index (χ2v) is 10.6. The van der Waals surface area contributed by atoms with E-state index in [2.05, 4.69) is 15.3 Å². The van der Waals surface area contributed by atoms with Crippen LogP contribution in [0.4, 0.5) is 35.2 Å². The quantitative estimate of drug-likeness (QED) is 0.368. The predicted molar refractivity (Wildman–Crippen MR) is 146 cm³/mol. The van der Waals surface area contributed by atoms with Crippen molar-refractivity contribution < 1.29 is 32.3 Å². The molecule has 1 aliphatic heterocycles. The summed E-state index contributed by atoms with van der Waals surface area (Å²) in [5.41, 5.74) is 3.35. The van der Waals surface area contributed by atoms with E-state index in [1.807, 2.05) is 19.0 Å². The van der Waals surface area contributed by atoms with Gasteiger partial charge in [-0.25, -0.2) is 27.9 Å². The number of nitrogens with one attached hydrogen (secondary N) is 1. The lowest BCUT2D eigenvalue weighted by Crippen LogP contribution is -2.54. The number of halogens is 3. The molecule has 0 atom stereocenters. The highest BCUT2D eigenvalue weighted by Gasteiger charge is 2.57. The molecule has 0 radical (unpaired) electrons. The van der Waals surface area contributed by atoms with Crippen LogP contribution in [0.5, 0.6) is 11.6 Å². The van der Waals surface area contributed by atoms with E-state index < -0.39 is 46.1 Å². The van der Waals surface area contributed by atoms with Gasteiger partial charge in [0.15, 0.2) is 17.4 Å². The maximum Gasteiger partial charge on any atom is 0.323 e. The van der Waals surface area contributed by atoms with Crippen LogP contribution in [0.2, 0.25) is 0 Å². The maximum absolute atomic E-state index is 15.5. The van der Waals surface area contributed by atoms with Crippen molar-refractivity contribution in [2.45, 2.75) is 12.8 Å². The summed E-state index contributed by atoms with van der Waals surface area (Å²) in [6, 6.07) is 6.80. The van der Waals surface area contributed by atoms with Gasteiger partial charge in [0.25, 0.3) is 0 Å². The molecular formula is C28H28F3N7O4. The van der Waals surface area contributed by atoms with Crippen LogP contribution in [-0.4, -0.2) is 71.3 Å². The number of nitrogens with zero attached hydrogens (tertiary/aromatic N) is 5. The number of primary amides is 1. The monoisotopic (exact) mass is 583 g/mol. The fourth-order valence-corrected chi connectivity index (χ4v) is 4.76. The Hall–Kier alpha value is -4.72. The highest BCUT2D eigenvalue weighted by molar-refractivity contribution is 6.16. The van der Waals surface area contributed by atoms with E-state index in [4.69, 9.17) is 10.5 Å². The van der Waals surface area contributed by atoms with Gasteiger partial charge in [0, 0.05) is 49.4 Å². The zero-order valence-corrected chi connectivity index (χ0v) is 22.8. The van der Waals surface area contributed by atoms with Crippen molar-refractivity contribution in [3.05, 3.63) is 66.2 Å². The van der Waals surface area contributed by atoms with Crippen LogP contribution in [0.3, 0.4) is 0 Å². The number of likely N-dealkylation sites (tertiary alicyclic amines) is 1. The molecule has 14 heteroatoms. The number of anilines is 3. The summed E-state index contributed by atoms with van der Waals surface area (Å²) in [5.74, 6) is -4.79. The molecule has 1 saturated carbocycles. The van der Waals surface area contributed by atoms with Gasteiger partial charge in [-0.05, 0) is 51.2 Å². The van der Waals surface area contributed by atoms with Crippen molar-refractivity contribution in [3.8, 4) is 11.6 Å². The van der Waals surface area contributed by atoms with Crippen LogP contribution in [0.15, 0.2) is 48.8 Å². The third-order valence-corrected chi connectivity index (χ3v) is 7.12. The van der Waals surface area contributed by atoms with Crippen molar-refractivity contribution in [2.75, 3.05) is 43.9 Å². The van der Waals surface area contributed by atoms with Crippen LogP contribution in [0.25, 0.3) is 0 Å². The van der Waals surface area contributed by atoms with Gasteiger partial charge in [0.2, 0.25) is 17.7 Å². The van der Waals surface area contributed by atoms with Crippen LogP contribution >= 0.6 is 0 Å². The first kappa shape index (κ1) is 28.8. The first-order chi connectivity index (χ1) is 20.0. The second-order valence-electron chi connectivity index (χ2n) is 10.6. The number of amides is 4. The largest absolute Gasteiger partial charge is 0.436 e. The molecular weight excluding hydrogens is 555 g/mol. The van der Waals surface area contributed by atoms with Gasteiger partial charge in [-0.1, -0.05) is 0 Å². The third-order valence-electron chi connectivity index (χ3n) is 7.12. The van der Waals surface area contributed by atoms with E-state index in [9.17, 15) is 18.8 Å². The lowest BCUT2D eigenvalue weighted by Gasteiger charge is -2.40. The molecule has 3 N–H and O–H groups in total. The molecule has 2 aliphatic rings. The first-order valence-electron chi connectivity index (χ1n) is 13.1. The Kier molecular flexibility index (Phi) is 7.73. The normalized spacial score (nSPS) is 15.6. The molecule has 3 aromatic rings. The fraction of sp³-hybridized carbons (Fsp3) is 0.321. The van der Waals surface area contributed by atoms with Gasteiger partial charge in [0.05, 0.1) is 5.69 Å². The molecule has 2 aromatic carbocycles. The van der Waals surface area contributed by atoms with Gasteiger partial charge in [0.1, 0.15) is 23.4 Å². The molecule has 42 heavy (non-hydrogen) atoms. The van der Waals surface area contributed by atoms with Gasteiger partial charge < -0.3 is 20.3 Å². The summed E-state index contributed by atoms with van der Waals surface area (Å²) in [4.78, 5) is 50.3. The minimum Gasteiger partial charge on any atom is -0.436 e. The van der Waals surface area contributed by atoms with Crippen LogP contribution in [0, 0.1) is 28.8 Å². The first-order valence-corrected chi connectivity index (χ1v) is 13.1. The smallest absolute Gasteiger partial charge is 0.323 e. The Labute approximate surface area is 239 Å². The number of ether oxygens (including phenoxy) is 1. The minimum atomic E-state index is -1.57. The third kappa shape index (κ3) is 5.84. The van der Waals surface area contributed by atoms with Crippen LogP contribution < -0.4 is 20.7 Å². The zero-order valence-electron chi connectivity index (χ0n) is 22.8. The zero-order chi connectivity index (χ0) is 30.2. The van der Waals surface area contributed by atoms with Crippen LogP contribution in [-0.2, 0) is 9.59 Å². The van der Waals surface area contributed by atoms with E-state index in [-0.39, 0.29) is 36.3 Å². The topological polar surface area (TPSA) is 134 Å². The number of hydrogen-bond acceptors (Lipinski definition) is 7. The maximum atomic E-state index is 15.5. The van der Waals surface area contributed by atoms with E-state index in [0.717, 1.165) is 36.0 Å². The van der Waals surface area contributed by atoms with Crippen molar-refractivity contribution in [2.24, 2.45) is 17.1 Å². The average molecular weight is 584 g/mol. The molecule has 4 amide bonds. The molecule has 1 aromatic heterocycles. The Bertz CT molecular complexity index is 1530. The number of carbonyl (C=O) groups excluding carboxylic acids is 3. The number of nitrogens with two attached hydrogens (primary N) is 1. The van der Waals surface area contributed by atoms with E-state index in [1.54, 1.807) is 4.90 Å². The number of hydrogen-bond donors (Lipinski definition) is 2. The second kappa shape index (κ2) is 11.3. The molecule has 1 aliphatic carbocycles. The highest BCUT2D eigenvalue weighted by Crippen LogP contribution is 2.49. The van der Waals surface area contributed by atoms with E-state index >= 15 is 8.78 Å². The van der Waals surface area contributed by atoms with Crippen molar-refractivity contribution in [1.82, 2.24) is 19.8 Å². The molecule has 0 spiro atoms. The van der Waals surface area contributed by atoms with Crippen molar-refractivity contribution in [1.29, 1.82) is 0 Å². The van der Waals surface area contributed by atoms with Crippen molar-refractivity contribution >= 4 is 35.0 Å². The number of aromatic nitrogens is 2. The van der Waals surface area contributed by atoms with E-state index in [1.165, 1.54) is 18.2 Å². The Balaban J connectivity index is 1.35. The van der Waals surface area contributed by atoms with Gasteiger partial charge in [-0.15, -0.1) is 0 Å². The number of benzene rings is 2. The predicted octanol–water partition coefficient (Wildman–Crippen LogP) is 3.64. The van der Waals surface area contributed by atoms with Gasteiger partial charge >= 0.3 is 6.03 Å². The summed E-state index contributed by atoms with van der Waals surface area (Å²) in [5, 5.41) is 2.62. The lowest BCUT2D eigenvalue weighted by molar-refractivity contribution is -0.133. The van der Waals surface area contributed by atoms with Gasteiger partial charge in [-0.3, -0.25) is 19.8 Å². The summed E-state index contributed by atoms with van der Waals surface area (Å²) in [7, 11) is 3.92. The Morgan fingerprint density at radius 3 is 2.36 bits per heavy atom. The fourth-order valence-electron chi connectivity index (χ4n) is 4.76. The minimum absolute atomic E-state index is 0.00677. The summed E-state index contributed by atoms with van der Waals surface area (Å²) in [6.45, 7) is 2.04. The SMILES string of the molecule is CN(C)CC1CN(C(=O)Nc2cc(Oc3cc(F)c(N(C(=O)C4(C(N)=O)CC4)c4ccc(F)cc4)cc3F)ncn2)C1. The van der Waals surface area contributed by atoms with Crippen LogP contribution in [0.1, 0.15) is 12.8 Å². The summed E-state index contributed by atoms with van der Waals surface area (Å²) in [6.07, 6.45) is 1.38. The summed E-state index contributed by atoms with van der Waals surface area (Å²) < 4.78 is 49.8. The molecule has 1 saturated heterocycles. The lowest BCUT2D eigenvalue weighted by atomic mass is 10.0. The number of urea groups is 1. The average Bonchev–Trinajstić information content (AvgIpc) is 3.72. The molecule has 0 unspecified atom stereocenters. The highest BCUT2D eigenvalue weighted by atomic mass is 19.1. The Morgan fingerprint density at radius 2 is 1.74 bits per heavy atom. The molecule has 0 bridgehead atoms. The van der Waals surface area contributed by atoms with E-state index in [0.29, 0.717) is 25.1 Å². The number of carbonyl (C=O) groups is 3. The van der Waals surface area contributed by atoms with Crippen molar-refractivity contribution in [3.63, 3.8) is 0 Å². The molecule has 2 fully saturated rings. The Morgan fingerprint density at radius 1 is 1.05 bits per heavy atom. The molecule has 2 heterocycles. The standard InChI is InChI=1S/C28H28F3N7O4/c1-36(2)12-16-13-37(14-16)27(41)35-23-11-24(34-15-33-23)42-22-10-19(30)21(9-20(22)31)38(18-5-3-17(29)4-6-18)26(40)28(7-8-28)25(32)39/h3-6,9-11,15-16H,7-8,12-14H2,1-2H3,(H2,32,39)(H,33,34,35,41). The molecule has 11 nitrogen and oxygen atoms in total. The number of rotatable bonds is 9. The molecule has 5 rings (SSSR count).